The van der Waals surface area contributed by atoms with Crippen LogP contribution in [-0.2, 0) is 23.8 Å². The minimum Gasteiger partial charge on any atom is -0.507 e. The molecule has 0 fully saturated rings. The highest BCUT2D eigenvalue weighted by Gasteiger charge is 2.49. The first kappa shape index (κ1) is 42.4. The smallest absolute Gasteiger partial charge is 0.312 e. The number of amides is 1. The lowest BCUT2D eigenvalue weighted by Crippen LogP contribution is -2.46. The number of methoxy groups -OCH3 is 1. The Bertz CT molecular complexity index is 2110. The number of nitrogens with one attached hydrogen (secondary N) is 2. The number of hydrogen-bond acceptors (Lipinski definition) is 14. The maximum absolute atomic E-state index is 14.5. The first-order valence-electron chi connectivity index (χ1n) is 18.8. The van der Waals surface area contributed by atoms with E-state index in [0.717, 1.165) is 17.8 Å². The number of esters is 1. The third-order valence-electron chi connectivity index (χ3n) is 10.9. The first-order chi connectivity index (χ1) is 26.4. The van der Waals surface area contributed by atoms with E-state index >= 15 is 0 Å². The van der Waals surface area contributed by atoms with Gasteiger partial charge in [-0.2, -0.15) is 0 Å². The van der Waals surface area contributed by atoms with Crippen molar-refractivity contribution in [2.75, 3.05) is 24.3 Å². The number of aromatic hydroxyl groups is 2. The van der Waals surface area contributed by atoms with Crippen molar-refractivity contribution >= 4 is 60.8 Å². The van der Waals surface area contributed by atoms with Crippen molar-refractivity contribution in [2.24, 2.45) is 23.7 Å². The summed E-state index contributed by atoms with van der Waals surface area (Å²) in [6.07, 6.45) is 4.71. The number of ketones is 1. The average Bonchev–Trinajstić information content (AvgIpc) is 3.70. The fourth-order valence-corrected chi connectivity index (χ4v) is 8.43. The Morgan fingerprint density at radius 3 is 2.38 bits per heavy atom. The fourth-order valence-electron chi connectivity index (χ4n) is 7.43. The number of aromatic nitrogens is 1. The van der Waals surface area contributed by atoms with Gasteiger partial charge in [-0.25, -0.2) is 4.98 Å². The highest BCUT2D eigenvalue weighted by atomic mass is 32.1. The topological polar surface area (TPSA) is 206 Å². The Balaban J connectivity index is 1.72. The minimum atomic E-state index is -1.94. The second-order valence-electron chi connectivity index (χ2n) is 15.0. The van der Waals surface area contributed by atoms with Gasteiger partial charge in [0.1, 0.15) is 23.3 Å². The number of thiazole rings is 1. The Hall–Kier alpha value is -4.70. The Kier molecular flexibility index (Phi) is 12.7. The number of carbonyl (C=O) groups excluding carboxylic acids is 3. The molecule has 0 spiro atoms. The van der Waals surface area contributed by atoms with Crippen LogP contribution in [0, 0.1) is 30.6 Å². The summed E-state index contributed by atoms with van der Waals surface area (Å²) in [5.74, 6) is -6.83. The number of anilines is 2. The third-order valence-corrected chi connectivity index (χ3v) is 11.9. The quantitative estimate of drug-likeness (QED) is 0.121. The third kappa shape index (κ3) is 7.82. The monoisotopic (exact) mass is 795 g/mol. The molecular formula is C41H53N3O11S. The number of aliphatic hydroxyl groups excluding tert-OH is 2. The molecule has 3 heterocycles. The molecule has 9 unspecified atom stereocenters. The number of Topliss-reactive ketones (excluding diaryl/α,β-unsaturated/α-hetero) is 1. The molecule has 304 valence electrons. The molecule has 2 aliphatic heterocycles. The summed E-state index contributed by atoms with van der Waals surface area (Å²) in [5.41, 5.74) is 0.689. The van der Waals surface area contributed by atoms with Crippen LogP contribution in [0.25, 0.3) is 21.0 Å². The van der Waals surface area contributed by atoms with Crippen LogP contribution in [0.15, 0.2) is 36.1 Å². The van der Waals surface area contributed by atoms with Crippen molar-refractivity contribution < 1.29 is 53.8 Å². The van der Waals surface area contributed by atoms with Crippen LogP contribution >= 0.6 is 11.3 Å². The fraction of sp³-hybridized carbons (Fsp3) is 0.512. The largest absolute Gasteiger partial charge is 0.507 e. The maximum atomic E-state index is 14.5. The number of hydrogen-bond donors (Lipinski definition) is 6. The van der Waals surface area contributed by atoms with E-state index in [4.69, 9.17) is 23.9 Å². The van der Waals surface area contributed by atoms with Crippen LogP contribution in [-0.4, -0.2) is 86.9 Å². The summed E-state index contributed by atoms with van der Waals surface area (Å²) < 4.78 is 24.1. The predicted octanol–water partition coefficient (Wildman–Crippen LogP) is 6.48. The standard InChI is InChI=1S/C41H53N3O11S/c1-11-16-42-40-44-29-26-27-33(48)23(7)36-28(26)38(50)41(9,55-36)53-17-15-25(52-10)20(4)35(54-24(8)45)22(6)32(47)21(5)31(46)18(2)13-12-14-19(3)39(51)43-30(34(27)49)37(29)56-40/h12-15,17-18,20-22,25,31-32,35,46-49H,11,16H2,1-10H3,(H,42,44)(H,43,51)/b13-12+,17-15-,19-14+. The molecule has 15 heteroatoms. The van der Waals surface area contributed by atoms with Crippen molar-refractivity contribution in [3.05, 3.63) is 47.3 Å². The number of fused-ring (bicyclic) bond motifs is 1. The molecule has 5 rings (SSSR count). The molecule has 3 aromatic rings. The Labute approximate surface area is 330 Å². The zero-order valence-corrected chi connectivity index (χ0v) is 34.2. The van der Waals surface area contributed by atoms with E-state index in [-0.39, 0.29) is 50.2 Å². The molecule has 0 aliphatic carbocycles. The maximum Gasteiger partial charge on any atom is 0.312 e. The van der Waals surface area contributed by atoms with Crippen LogP contribution in [0.4, 0.5) is 10.8 Å². The van der Waals surface area contributed by atoms with Crippen molar-refractivity contribution in [1.82, 2.24) is 4.98 Å². The molecule has 9 atom stereocenters. The van der Waals surface area contributed by atoms with Gasteiger partial charge >= 0.3 is 11.8 Å². The van der Waals surface area contributed by atoms with Gasteiger partial charge in [-0.05, 0) is 26.3 Å². The van der Waals surface area contributed by atoms with Crippen LogP contribution in [0.3, 0.4) is 0 Å². The molecule has 0 saturated carbocycles. The molecule has 4 bridgehead atoms. The molecular weight excluding hydrogens is 743 g/mol. The van der Waals surface area contributed by atoms with E-state index in [9.17, 15) is 34.8 Å². The lowest BCUT2D eigenvalue weighted by Gasteiger charge is -2.38. The number of ether oxygens (including phenoxy) is 4. The molecule has 14 nitrogen and oxygen atoms in total. The summed E-state index contributed by atoms with van der Waals surface area (Å²) in [6, 6.07) is 0. The number of nitrogens with zero attached hydrogens (tertiary/aromatic N) is 1. The van der Waals surface area contributed by atoms with Gasteiger partial charge in [0.15, 0.2) is 10.9 Å². The molecule has 1 aromatic heterocycles. The number of allylic oxidation sites excluding steroid dienone is 2. The number of carbonyl (C=O) groups is 3. The zero-order valence-electron chi connectivity index (χ0n) is 33.4. The first-order valence-corrected chi connectivity index (χ1v) is 19.6. The van der Waals surface area contributed by atoms with E-state index in [2.05, 4.69) is 10.6 Å². The van der Waals surface area contributed by atoms with Crippen LogP contribution in [0.2, 0.25) is 0 Å². The van der Waals surface area contributed by atoms with Crippen LogP contribution in [0.5, 0.6) is 17.2 Å². The molecule has 2 aliphatic rings. The van der Waals surface area contributed by atoms with Crippen molar-refractivity contribution in [3.63, 3.8) is 0 Å². The summed E-state index contributed by atoms with van der Waals surface area (Å²) in [7, 11) is 1.46. The second kappa shape index (κ2) is 16.8. The van der Waals surface area contributed by atoms with Crippen molar-refractivity contribution in [2.45, 2.75) is 98.9 Å². The minimum absolute atomic E-state index is 0.00111. The summed E-state index contributed by atoms with van der Waals surface area (Å²) in [5, 5.41) is 52.8. The van der Waals surface area contributed by atoms with Gasteiger partial charge in [0.05, 0.1) is 45.7 Å². The number of phenolic OH excluding ortho intramolecular Hbond substituents is 2. The number of benzene rings is 2. The van der Waals surface area contributed by atoms with Crippen molar-refractivity contribution in [1.29, 1.82) is 0 Å². The van der Waals surface area contributed by atoms with E-state index in [1.165, 1.54) is 40.2 Å². The van der Waals surface area contributed by atoms with Gasteiger partial charge in [0, 0.05) is 67.7 Å². The molecule has 0 radical (unpaired) electrons. The lowest BCUT2D eigenvalue weighted by atomic mass is 9.78. The van der Waals surface area contributed by atoms with Crippen LogP contribution in [0.1, 0.15) is 77.7 Å². The summed E-state index contributed by atoms with van der Waals surface area (Å²) >= 11 is 1.16. The molecule has 2 aromatic carbocycles. The van der Waals surface area contributed by atoms with Crippen LogP contribution < -0.4 is 15.4 Å². The highest BCUT2D eigenvalue weighted by Crippen LogP contribution is 2.55. The Morgan fingerprint density at radius 1 is 1.04 bits per heavy atom. The van der Waals surface area contributed by atoms with Gasteiger partial charge in [-0.15, -0.1) is 0 Å². The molecule has 6 N–H and O–H groups in total. The lowest BCUT2D eigenvalue weighted by molar-refractivity contribution is -0.160. The van der Waals surface area contributed by atoms with E-state index in [1.54, 1.807) is 52.8 Å². The molecule has 56 heavy (non-hydrogen) atoms. The summed E-state index contributed by atoms with van der Waals surface area (Å²) in [4.78, 5) is 45.2. The zero-order chi connectivity index (χ0) is 41.4. The molecule has 1 amide bonds. The predicted molar refractivity (Wildman–Crippen MR) is 214 cm³/mol. The average molecular weight is 796 g/mol. The van der Waals surface area contributed by atoms with E-state index in [1.807, 2.05) is 6.92 Å². The molecule has 0 saturated heterocycles. The van der Waals surface area contributed by atoms with Gasteiger partial charge < -0.3 is 50.0 Å². The SMILES string of the molecule is CCCNc1nc2c(s1)c1c(O)c3c(O)c(C)c4c(c32)C(=O)C(C)(O/C=C\C(OC)C(C)C(OC(C)=O)C(C)C(O)C(C)C(O)C(C)/C=C/C=C(\C)C(=O)N1)O4. The van der Waals surface area contributed by atoms with Gasteiger partial charge in [0.2, 0.25) is 0 Å². The Morgan fingerprint density at radius 2 is 1.73 bits per heavy atom. The van der Waals surface area contributed by atoms with E-state index < -0.39 is 77.3 Å². The highest BCUT2D eigenvalue weighted by molar-refractivity contribution is 7.23. The van der Waals surface area contributed by atoms with Gasteiger partial charge in [0.25, 0.3) is 11.7 Å². The second-order valence-corrected chi connectivity index (χ2v) is 16.0. The number of rotatable bonds is 5. The van der Waals surface area contributed by atoms with E-state index in [0.29, 0.717) is 16.4 Å². The number of phenols is 2. The van der Waals surface area contributed by atoms with Gasteiger partial charge in [-0.1, -0.05) is 64.2 Å². The number of aliphatic hydroxyl groups is 2. The van der Waals surface area contributed by atoms with Crippen molar-refractivity contribution in [3.8, 4) is 17.2 Å². The summed E-state index contributed by atoms with van der Waals surface area (Å²) in [6.45, 7) is 15.4. The van der Waals surface area contributed by atoms with Gasteiger partial charge in [-0.3, -0.25) is 14.4 Å². The normalized spacial score (nSPS) is 31.0.